The average molecular weight is 563 g/mol. The molecule has 0 fully saturated rings. The normalized spacial score (nSPS) is 10.6. The Kier molecular flexibility index (Phi) is 12.9. The molecular formula is C33H38O8. The second kappa shape index (κ2) is 16.8. The third-order valence-corrected chi connectivity index (χ3v) is 6.47. The van der Waals surface area contributed by atoms with Gasteiger partial charge in [0.25, 0.3) is 0 Å². The lowest BCUT2D eigenvalue weighted by Crippen LogP contribution is -2.11. The van der Waals surface area contributed by atoms with Crippen LogP contribution in [0.3, 0.4) is 0 Å². The molecule has 0 atom stereocenters. The largest absolute Gasteiger partial charge is 0.493 e. The number of benzene rings is 3. The molecule has 0 spiro atoms. The summed E-state index contributed by atoms with van der Waals surface area (Å²) in [5, 5.41) is 8.85. The van der Waals surface area contributed by atoms with Crippen LogP contribution in [0, 0.1) is 0 Å². The van der Waals surface area contributed by atoms with Crippen LogP contribution in [0.4, 0.5) is 0 Å². The number of unbranched alkanes of at least 4 members (excludes halogenated alkanes) is 3. The molecule has 3 aromatic carbocycles. The van der Waals surface area contributed by atoms with E-state index in [-0.39, 0.29) is 30.1 Å². The molecular weight excluding hydrogens is 524 g/mol. The van der Waals surface area contributed by atoms with Crippen LogP contribution >= 0.6 is 0 Å². The topological polar surface area (TPSA) is 108 Å². The first-order valence-electron chi connectivity index (χ1n) is 14.0. The highest BCUT2D eigenvalue weighted by atomic mass is 16.5. The third kappa shape index (κ3) is 9.76. The fraction of sp³-hybridized carbons (Fsp3) is 0.364. The lowest BCUT2D eigenvalue weighted by molar-refractivity contribution is 0.0508. The Bertz CT molecular complexity index is 1280. The van der Waals surface area contributed by atoms with Gasteiger partial charge in [-0.25, -0.2) is 9.59 Å². The molecule has 3 aromatic rings. The van der Waals surface area contributed by atoms with E-state index < -0.39 is 11.9 Å². The zero-order valence-electron chi connectivity index (χ0n) is 23.7. The first-order valence-corrected chi connectivity index (χ1v) is 14.0. The standard InChI is InChI=1S/C33H38O8/c1-3-8-24-9-12-26(13-10-24)32(36)40-20-17-25-11-15-29(28(21-25)23-35)41-33(37)27-14-16-30(31(22-27)38-2)39-19-7-5-4-6-18-34/h9-16,21-23,34H,3-8,17-20H2,1-2H3. The molecule has 218 valence electrons. The first kappa shape index (κ1) is 31.4. The van der Waals surface area contributed by atoms with E-state index in [4.69, 9.17) is 24.1 Å². The highest BCUT2D eigenvalue weighted by Crippen LogP contribution is 2.29. The van der Waals surface area contributed by atoms with E-state index in [0.717, 1.165) is 44.1 Å². The SMILES string of the molecule is CCCc1ccc(C(=O)OCCc2ccc(OC(=O)c3ccc(OCCCCCCO)c(OC)c3)c(C=O)c2)cc1. The minimum absolute atomic E-state index is 0.125. The van der Waals surface area contributed by atoms with Crippen molar-refractivity contribution in [2.45, 2.75) is 51.9 Å². The van der Waals surface area contributed by atoms with Crippen LogP contribution in [-0.2, 0) is 17.6 Å². The number of carbonyl (C=O) groups is 3. The molecule has 0 bridgehead atoms. The summed E-state index contributed by atoms with van der Waals surface area (Å²) in [5.41, 5.74) is 2.88. The van der Waals surface area contributed by atoms with E-state index in [1.54, 1.807) is 42.5 Å². The van der Waals surface area contributed by atoms with Crippen molar-refractivity contribution in [1.29, 1.82) is 0 Å². The predicted octanol–water partition coefficient (Wildman–Crippen LogP) is 6.01. The summed E-state index contributed by atoms with van der Waals surface area (Å²) in [4.78, 5) is 36.9. The van der Waals surface area contributed by atoms with Crippen molar-refractivity contribution in [2.24, 2.45) is 0 Å². The van der Waals surface area contributed by atoms with E-state index in [1.807, 2.05) is 12.1 Å². The van der Waals surface area contributed by atoms with Gasteiger partial charge >= 0.3 is 11.9 Å². The molecule has 1 N–H and O–H groups in total. The number of hydrogen-bond acceptors (Lipinski definition) is 8. The van der Waals surface area contributed by atoms with E-state index in [1.165, 1.54) is 18.7 Å². The summed E-state index contributed by atoms with van der Waals surface area (Å²) >= 11 is 0. The van der Waals surface area contributed by atoms with Gasteiger partial charge in [0, 0.05) is 13.0 Å². The van der Waals surface area contributed by atoms with Crippen LogP contribution in [0.2, 0.25) is 0 Å². The Morgan fingerprint density at radius 3 is 2.17 bits per heavy atom. The number of hydrogen-bond donors (Lipinski definition) is 1. The molecule has 3 rings (SSSR count). The number of ether oxygens (including phenoxy) is 4. The fourth-order valence-corrected chi connectivity index (χ4v) is 4.20. The highest BCUT2D eigenvalue weighted by Gasteiger charge is 2.16. The maximum atomic E-state index is 12.8. The smallest absolute Gasteiger partial charge is 0.343 e. The van der Waals surface area contributed by atoms with Crippen molar-refractivity contribution in [3.63, 3.8) is 0 Å². The lowest BCUT2D eigenvalue weighted by Gasteiger charge is -2.13. The molecule has 41 heavy (non-hydrogen) atoms. The predicted molar refractivity (Wildman–Crippen MR) is 155 cm³/mol. The van der Waals surface area contributed by atoms with Crippen molar-refractivity contribution < 1.29 is 38.4 Å². The number of esters is 2. The summed E-state index contributed by atoms with van der Waals surface area (Å²) in [7, 11) is 1.49. The van der Waals surface area contributed by atoms with Crippen LogP contribution in [0.1, 0.15) is 81.2 Å². The van der Waals surface area contributed by atoms with Crippen LogP contribution in [-0.4, -0.2) is 50.3 Å². The molecule has 0 aliphatic carbocycles. The number of carbonyl (C=O) groups excluding carboxylic acids is 3. The Labute approximate surface area is 241 Å². The molecule has 8 nitrogen and oxygen atoms in total. The molecule has 0 saturated heterocycles. The molecule has 0 aromatic heterocycles. The van der Waals surface area contributed by atoms with Crippen molar-refractivity contribution in [2.75, 3.05) is 26.9 Å². The monoisotopic (exact) mass is 562 g/mol. The van der Waals surface area contributed by atoms with Gasteiger partial charge in [-0.05, 0) is 79.3 Å². The molecule has 0 saturated carbocycles. The van der Waals surface area contributed by atoms with Crippen molar-refractivity contribution >= 4 is 18.2 Å². The van der Waals surface area contributed by atoms with Crippen LogP contribution in [0.25, 0.3) is 0 Å². The van der Waals surface area contributed by atoms with Gasteiger partial charge in [0.05, 0.1) is 37.0 Å². The lowest BCUT2D eigenvalue weighted by atomic mass is 10.1. The Morgan fingerprint density at radius 1 is 0.756 bits per heavy atom. The molecule has 0 unspecified atom stereocenters. The van der Waals surface area contributed by atoms with Crippen LogP contribution in [0.5, 0.6) is 17.2 Å². The van der Waals surface area contributed by atoms with Crippen LogP contribution in [0.15, 0.2) is 60.7 Å². The number of aldehydes is 1. The molecule has 0 aliphatic heterocycles. The molecule has 0 heterocycles. The van der Waals surface area contributed by atoms with Gasteiger partial charge in [0.15, 0.2) is 17.8 Å². The molecule has 0 radical (unpaired) electrons. The summed E-state index contributed by atoms with van der Waals surface area (Å²) in [6.07, 6.45) is 6.52. The Balaban J connectivity index is 1.54. The molecule has 0 aliphatic rings. The van der Waals surface area contributed by atoms with Gasteiger partial charge in [0.1, 0.15) is 5.75 Å². The zero-order chi connectivity index (χ0) is 29.5. The summed E-state index contributed by atoms with van der Waals surface area (Å²) in [6.45, 7) is 2.93. The van der Waals surface area contributed by atoms with Crippen molar-refractivity contribution in [1.82, 2.24) is 0 Å². The maximum Gasteiger partial charge on any atom is 0.343 e. The van der Waals surface area contributed by atoms with Gasteiger partial charge in [-0.2, -0.15) is 0 Å². The summed E-state index contributed by atoms with van der Waals surface area (Å²) in [6, 6.07) is 17.0. The minimum atomic E-state index is -0.645. The van der Waals surface area contributed by atoms with Crippen LogP contribution < -0.4 is 14.2 Å². The third-order valence-electron chi connectivity index (χ3n) is 6.47. The minimum Gasteiger partial charge on any atom is -0.493 e. The number of aryl methyl sites for hydroxylation is 1. The summed E-state index contributed by atoms with van der Waals surface area (Å²) < 4.78 is 22.1. The fourth-order valence-electron chi connectivity index (χ4n) is 4.20. The van der Waals surface area contributed by atoms with E-state index in [0.29, 0.717) is 36.4 Å². The van der Waals surface area contributed by atoms with E-state index in [9.17, 15) is 14.4 Å². The van der Waals surface area contributed by atoms with Gasteiger partial charge in [0.2, 0.25) is 0 Å². The number of methoxy groups -OCH3 is 1. The molecule has 0 amide bonds. The van der Waals surface area contributed by atoms with Gasteiger partial charge in [-0.1, -0.05) is 38.0 Å². The summed E-state index contributed by atoms with van der Waals surface area (Å²) in [5.74, 6) is -0.0154. The number of aliphatic hydroxyl groups excluding tert-OH is 1. The van der Waals surface area contributed by atoms with Crippen molar-refractivity contribution in [3.05, 3.63) is 88.5 Å². The first-order chi connectivity index (χ1) is 20.0. The quantitative estimate of drug-likeness (QED) is 0.0922. The van der Waals surface area contributed by atoms with Gasteiger partial charge in [-0.15, -0.1) is 0 Å². The Morgan fingerprint density at radius 2 is 1.46 bits per heavy atom. The van der Waals surface area contributed by atoms with E-state index >= 15 is 0 Å². The number of aliphatic hydroxyl groups is 1. The zero-order valence-corrected chi connectivity index (χ0v) is 23.7. The number of rotatable bonds is 17. The van der Waals surface area contributed by atoms with Crippen molar-refractivity contribution in [3.8, 4) is 17.2 Å². The molecule has 8 heteroatoms. The average Bonchev–Trinajstić information content (AvgIpc) is 3.00. The van der Waals surface area contributed by atoms with Gasteiger partial charge < -0.3 is 24.1 Å². The Hall–Kier alpha value is -4.17. The second-order valence-electron chi connectivity index (χ2n) is 9.56. The van der Waals surface area contributed by atoms with Gasteiger partial charge in [-0.3, -0.25) is 4.79 Å². The maximum absolute atomic E-state index is 12.8. The van der Waals surface area contributed by atoms with E-state index in [2.05, 4.69) is 6.92 Å². The highest BCUT2D eigenvalue weighted by molar-refractivity contribution is 5.93. The second-order valence-corrected chi connectivity index (χ2v) is 9.56.